The molecule has 0 aliphatic carbocycles. The molecule has 4 aromatic carbocycles. The van der Waals surface area contributed by atoms with Crippen LogP contribution in [0.1, 0.15) is 32.9 Å². The highest BCUT2D eigenvalue weighted by Gasteiger charge is 2.27. The monoisotopic (exact) mass is 460 g/mol. The van der Waals surface area contributed by atoms with Crippen molar-refractivity contribution < 1.29 is 4.79 Å². The lowest BCUT2D eigenvalue weighted by Gasteiger charge is -2.28. The van der Waals surface area contributed by atoms with Gasteiger partial charge in [-0.25, -0.2) is 0 Å². The van der Waals surface area contributed by atoms with Crippen molar-refractivity contribution in [1.29, 1.82) is 0 Å². The highest BCUT2D eigenvalue weighted by molar-refractivity contribution is 5.94. The van der Waals surface area contributed by atoms with Gasteiger partial charge in [-0.1, -0.05) is 84.9 Å². The molecule has 1 N–H and O–H groups in total. The molecule has 0 spiro atoms. The number of rotatable bonds is 5. The molecule has 0 radical (unpaired) electrons. The highest BCUT2D eigenvalue weighted by atomic mass is 16.1. The molecular weight excluding hydrogens is 432 g/mol. The molecule has 0 unspecified atom stereocenters. The summed E-state index contributed by atoms with van der Waals surface area (Å²) < 4.78 is 1.89. The van der Waals surface area contributed by atoms with Gasteiger partial charge in [0.25, 0.3) is 5.91 Å². The first-order valence-electron chi connectivity index (χ1n) is 12.2. The normalized spacial score (nSPS) is 13.7. The van der Waals surface area contributed by atoms with E-state index in [4.69, 9.17) is 0 Å². The van der Waals surface area contributed by atoms with Crippen LogP contribution in [0.2, 0.25) is 0 Å². The first-order chi connectivity index (χ1) is 17.2. The molecule has 0 saturated heterocycles. The van der Waals surface area contributed by atoms with Crippen LogP contribution < -0.4 is 5.32 Å². The molecule has 6 rings (SSSR count). The standard InChI is InChI=1S/C30H28N4O/c1-33-28-16-17-34(19-24-13-7-11-22-9-3-5-15-26(22)24)20-27(28)29(32-33)30(35)31-18-23-12-6-10-21-8-2-4-14-25(21)23/h2-15H,16-20H2,1H3,(H,31,35). The zero-order valence-electron chi connectivity index (χ0n) is 19.9. The van der Waals surface area contributed by atoms with E-state index in [-0.39, 0.29) is 5.91 Å². The van der Waals surface area contributed by atoms with Crippen LogP contribution in [0.3, 0.4) is 0 Å². The van der Waals surface area contributed by atoms with Crippen LogP contribution in [0.15, 0.2) is 84.9 Å². The van der Waals surface area contributed by atoms with E-state index < -0.39 is 0 Å². The second-order valence-electron chi connectivity index (χ2n) is 9.32. The van der Waals surface area contributed by atoms with Gasteiger partial charge in [0.15, 0.2) is 5.69 Å². The van der Waals surface area contributed by atoms with E-state index >= 15 is 0 Å². The largest absolute Gasteiger partial charge is 0.347 e. The number of hydrogen-bond acceptors (Lipinski definition) is 3. The summed E-state index contributed by atoms with van der Waals surface area (Å²) in [6, 6.07) is 29.5. The van der Waals surface area contributed by atoms with Crippen LogP contribution in [0.5, 0.6) is 0 Å². The zero-order valence-corrected chi connectivity index (χ0v) is 19.9. The summed E-state index contributed by atoms with van der Waals surface area (Å²) in [7, 11) is 1.95. The summed E-state index contributed by atoms with van der Waals surface area (Å²) in [5.41, 5.74) is 5.19. The summed E-state index contributed by atoms with van der Waals surface area (Å²) in [6.07, 6.45) is 0.889. The van der Waals surface area contributed by atoms with E-state index in [0.717, 1.165) is 42.9 Å². The van der Waals surface area contributed by atoms with Gasteiger partial charge >= 0.3 is 0 Å². The van der Waals surface area contributed by atoms with Gasteiger partial charge in [0.1, 0.15) is 0 Å². The molecule has 5 heteroatoms. The van der Waals surface area contributed by atoms with Gasteiger partial charge in [-0.2, -0.15) is 5.10 Å². The number of benzene rings is 4. The maximum absolute atomic E-state index is 13.3. The van der Waals surface area contributed by atoms with E-state index in [1.807, 2.05) is 29.9 Å². The Balaban J connectivity index is 1.22. The molecule has 2 heterocycles. The molecule has 0 bridgehead atoms. The number of carbonyl (C=O) groups excluding carboxylic acids is 1. The Labute approximate surface area is 205 Å². The molecule has 0 atom stereocenters. The minimum atomic E-state index is -0.109. The Kier molecular flexibility index (Phi) is 5.55. The summed E-state index contributed by atoms with van der Waals surface area (Å²) in [6.45, 7) is 3.01. The van der Waals surface area contributed by atoms with Crippen LogP contribution in [0.25, 0.3) is 21.5 Å². The Hall–Kier alpha value is -3.96. The third kappa shape index (κ3) is 4.08. The number of aromatic nitrogens is 2. The van der Waals surface area contributed by atoms with E-state index in [1.165, 1.54) is 27.1 Å². The molecule has 35 heavy (non-hydrogen) atoms. The molecule has 0 saturated carbocycles. The number of nitrogens with zero attached hydrogens (tertiary/aromatic N) is 3. The van der Waals surface area contributed by atoms with E-state index in [1.54, 1.807) is 0 Å². The fourth-order valence-corrected chi connectivity index (χ4v) is 5.34. The van der Waals surface area contributed by atoms with Crippen LogP contribution in [0, 0.1) is 0 Å². The third-order valence-corrected chi connectivity index (χ3v) is 7.13. The molecular formula is C30H28N4O. The van der Waals surface area contributed by atoms with Gasteiger partial charge < -0.3 is 5.32 Å². The molecule has 5 nitrogen and oxygen atoms in total. The number of fused-ring (bicyclic) bond motifs is 3. The van der Waals surface area contributed by atoms with Crippen LogP contribution in [0.4, 0.5) is 0 Å². The van der Waals surface area contributed by atoms with Crippen LogP contribution >= 0.6 is 0 Å². The predicted octanol–water partition coefficient (Wildman–Crippen LogP) is 5.21. The fourth-order valence-electron chi connectivity index (χ4n) is 5.34. The van der Waals surface area contributed by atoms with Gasteiger partial charge in [0.05, 0.1) is 0 Å². The number of amides is 1. The Morgan fingerprint density at radius 3 is 2.23 bits per heavy atom. The maximum atomic E-state index is 13.3. The van der Waals surface area contributed by atoms with Crippen molar-refractivity contribution >= 4 is 27.5 Å². The Bertz CT molecular complexity index is 1540. The highest BCUT2D eigenvalue weighted by Crippen LogP contribution is 2.26. The predicted molar refractivity (Wildman–Crippen MR) is 140 cm³/mol. The minimum Gasteiger partial charge on any atom is -0.347 e. The summed E-state index contributed by atoms with van der Waals surface area (Å²) in [5, 5.41) is 12.7. The van der Waals surface area contributed by atoms with Crippen molar-refractivity contribution in [3.63, 3.8) is 0 Å². The smallest absolute Gasteiger partial charge is 0.272 e. The van der Waals surface area contributed by atoms with Crippen molar-refractivity contribution in [3.8, 4) is 0 Å². The zero-order chi connectivity index (χ0) is 23.8. The van der Waals surface area contributed by atoms with Gasteiger partial charge in [0.2, 0.25) is 0 Å². The molecule has 1 amide bonds. The second kappa shape index (κ2) is 9.01. The van der Waals surface area contributed by atoms with Crippen molar-refractivity contribution in [1.82, 2.24) is 20.0 Å². The van der Waals surface area contributed by atoms with Crippen molar-refractivity contribution in [2.75, 3.05) is 6.54 Å². The van der Waals surface area contributed by atoms with E-state index in [2.05, 4.69) is 82.0 Å². The Morgan fingerprint density at radius 2 is 1.49 bits per heavy atom. The average Bonchev–Trinajstić information content (AvgIpc) is 3.23. The van der Waals surface area contributed by atoms with Gasteiger partial charge in [-0.15, -0.1) is 0 Å². The van der Waals surface area contributed by atoms with Crippen molar-refractivity contribution in [3.05, 3.63) is 113 Å². The summed E-state index contributed by atoms with van der Waals surface area (Å²) >= 11 is 0. The van der Waals surface area contributed by atoms with Crippen molar-refractivity contribution in [2.24, 2.45) is 7.05 Å². The van der Waals surface area contributed by atoms with E-state index in [9.17, 15) is 4.79 Å². The number of carbonyl (C=O) groups is 1. The molecule has 1 aromatic heterocycles. The molecule has 1 aliphatic rings. The average molecular weight is 461 g/mol. The Morgan fingerprint density at radius 1 is 0.857 bits per heavy atom. The first-order valence-corrected chi connectivity index (χ1v) is 12.2. The lowest BCUT2D eigenvalue weighted by atomic mass is 10.0. The summed E-state index contributed by atoms with van der Waals surface area (Å²) in [4.78, 5) is 15.7. The number of hydrogen-bond donors (Lipinski definition) is 1. The quantitative estimate of drug-likeness (QED) is 0.392. The SMILES string of the molecule is Cn1nc(C(=O)NCc2cccc3ccccc23)c2c1CCN(Cc1cccc3ccccc13)C2. The topological polar surface area (TPSA) is 50.2 Å². The first kappa shape index (κ1) is 21.6. The molecule has 174 valence electrons. The van der Waals surface area contributed by atoms with Crippen LogP contribution in [-0.4, -0.2) is 27.1 Å². The third-order valence-electron chi connectivity index (χ3n) is 7.13. The van der Waals surface area contributed by atoms with Crippen molar-refractivity contribution in [2.45, 2.75) is 26.1 Å². The van der Waals surface area contributed by atoms with E-state index in [0.29, 0.717) is 12.2 Å². The van der Waals surface area contributed by atoms with Crippen LogP contribution in [-0.2, 0) is 33.1 Å². The minimum absolute atomic E-state index is 0.109. The number of nitrogens with one attached hydrogen (secondary N) is 1. The molecule has 0 fully saturated rings. The lowest BCUT2D eigenvalue weighted by molar-refractivity contribution is 0.0943. The second-order valence-corrected chi connectivity index (χ2v) is 9.32. The van der Waals surface area contributed by atoms with Gasteiger partial charge in [-0.3, -0.25) is 14.4 Å². The lowest BCUT2D eigenvalue weighted by Crippen LogP contribution is -2.32. The van der Waals surface area contributed by atoms with Gasteiger partial charge in [-0.05, 0) is 32.7 Å². The fraction of sp³-hybridized carbons (Fsp3) is 0.200. The van der Waals surface area contributed by atoms with Gasteiger partial charge in [0, 0.05) is 50.9 Å². The maximum Gasteiger partial charge on any atom is 0.272 e. The molecule has 1 aliphatic heterocycles. The number of aryl methyl sites for hydroxylation is 1. The summed E-state index contributed by atoms with van der Waals surface area (Å²) in [5.74, 6) is -0.109. The molecule has 5 aromatic rings.